The van der Waals surface area contributed by atoms with Gasteiger partial charge in [0, 0.05) is 13.1 Å². The van der Waals surface area contributed by atoms with Crippen LogP contribution in [0.3, 0.4) is 0 Å². The van der Waals surface area contributed by atoms with E-state index in [9.17, 15) is 0 Å². The summed E-state index contributed by atoms with van der Waals surface area (Å²) in [5.74, 6) is 0. The largest absolute Gasteiger partial charge is 0.395 e. The summed E-state index contributed by atoms with van der Waals surface area (Å²) in [5.41, 5.74) is 2.39. The van der Waals surface area contributed by atoms with E-state index in [0.29, 0.717) is 6.54 Å². The summed E-state index contributed by atoms with van der Waals surface area (Å²) >= 11 is 6.34. The Hall–Kier alpha value is -0.570. The van der Waals surface area contributed by atoms with Gasteiger partial charge in [-0.05, 0) is 19.0 Å². The molecule has 0 aliphatic carbocycles. The first-order valence-electron chi connectivity index (χ1n) is 5.71. The monoisotopic (exact) mass is 241 g/mol. The zero-order chi connectivity index (χ0) is 12.0. The quantitative estimate of drug-likeness (QED) is 0.774. The van der Waals surface area contributed by atoms with Crippen LogP contribution in [0.2, 0.25) is 0 Å². The van der Waals surface area contributed by atoms with Crippen molar-refractivity contribution >= 4 is 11.6 Å². The molecule has 1 aromatic rings. The Morgan fingerprint density at radius 1 is 1.31 bits per heavy atom. The molecule has 0 saturated heterocycles. The minimum Gasteiger partial charge on any atom is -0.395 e. The predicted molar refractivity (Wildman–Crippen MR) is 69.0 cm³/mol. The molecule has 0 aliphatic rings. The van der Waals surface area contributed by atoms with Gasteiger partial charge in [0.1, 0.15) is 0 Å². The highest BCUT2D eigenvalue weighted by Crippen LogP contribution is 2.21. The molecule has 0 radical (unpaired) electrons. The Balaban J connectivity index is 2.56. The zero-order valence-corrected chi connectivity index (χ0v) is 10.7. The highest BCUT2D eigenvalue weighted by Gasteiger charge is 2.11. The lowest BCUT2D eigenvalue weighted by Gasteiger charge is -2.22. The number of halogens is 1. The van der Waals surface area contributed by atoms with Gasteiger partial charge in [-0.25, -0.2) is 0 Å². The average Bonchev–Trinajstić information content (AvgIpc) is 2.29. The summed E-state index contributed by atoms with van der Waals surface area (Å²) in [6.07, 6.45) is 0. The maximum absolute atomic E-state index is 8.90. The maximum atomic E-state index is 8.90. The molecular formula is C13H20ClNO. The van der Waals surface area contributed by atoms with E-state index < -0.39 is 0 Å². The van der Waals surface area contributed by atoms with Gasteiger partial charge in [-0.15, -0.1) is 11.6 Å². The molecule has 1 unspecified atom stereocenters. The number of hydrogen-bond donors (Lipinski definition) is 1. The Morgan fingerprint density at radius 3 is 2.44 bits per heavy atom. The van der Waals surface area contributed by atoms with Crippen LogP contribution in [0.4, 0.5) is 0 Å². The fourth-order valence-electron chi connectivity index (χ4n) is 1.63. The van der Waals surface area contributed by atoms with Gasteiger partial charge < -0.3 is 5.11 Å². The van der Waals surface area contributed by atoms with Gasteiger partial charge in [-0.1, -0.05) is 36.8 Å². The molecule has 1 aromatic carbocycles. The van der Waals surface area contributed by atoms with Gasteiger partial charge in [-0.2, -0.15) is 0 Å². The highest BCUT2D eigenvalue weighted by molar-refractivity contribution is 6.21. The molecule has 0 fully saturated rings. The van der Waals surface area contributed by atoms with E-state index in [1.165, 1.54) is 5.56 Å². The maximum Gasteiger partial charge on any atom is 0.0712 e. The van der Waals surface area contributed by atoms with Gasteiger partial charge in [0.2, 0.25) is 0 Å². The molecule has 0 spiro atoms. The lowest BCUT2D eigenvalue weighted by atomic mass is 10.1. The number of hydrogen-bond acceptors (Lipinski definition) is 2. The lowest BCUT2D eigenvalue weighted by molar-refractivity contribution is 0.202. The number of alkyl halides is 1. The fourth-order valence-corrected chi connectivity index (χ4v) is 1.97. The molecule has 1 atom stereocenters. The first-order valence-corrected chi connectivity index (χ1v) is 6.14. The van der Waals surface area contributed by atoms with Crippen LogP contribution in [0.15, 0.2) is 24.3 Å². The number of aryl methyl sites for hydroxylation is 1. The Bertz CT molecular complexity index is 299. The van der Waals surface area contributed by atoms with E-state index in [2.05, 4.69) is 43.0 Å². The molecule has 0 amide bonds. The van der Waals surface area contributed by atoms with Crippen LogP contribution >= 0.6 is 11.6 Å². The van der Waals surface area contributed by atoms with Crippen molar-refractivity contribution in [1.29, 1.82) is 0 Å². The molecule has 1 N–H and O–H groups in total. The second-order valence-electron chi connectivity index (χ2n) is 4.00. The van der Waals surface area contributed by atoms with Crippen molar-refractivity contribution in [1.82, 2.24) is 4.90 Å². The molecular weight excluding hydrogens is 222 g/mol. The Morgan fingerprint density at radius 2 is 1.94 bits per heavy atom. The molecule has 0 aromatic heterocycles. The molecule has 1 rings (SSSR count). The van der Waals surface area contributed by atoms with E-state index >= 15 is 0 Å². The molecule has 90 valence electrons. The van der Waals surface area contributed by atoms with E-state index in [1.807, 2.05) is 0 Å². The third kappa shape index (κ3) is 4.12. The second-order valence-corrected chi connectivity index (χ2v) is 4.52. The van der Waals surface area contributed by atoms with Gasteiger partial charge in [0.15, 0.2) is 0 Å². The number of rotatable bonds is 6. The van der Waals surface area contributed by atoms with Gasteiger partial charge in [0.05, 0.1) is 12.0 Å². The minimum absolute atomic E-state index is 0.00731. The number of benzene rings is 1. The first kappa shape index (κ1) is 13.5. The molecule has 2 nitrogen and oxygen atoms in total. The number of likely N-dealkylation sites (N-methyl/N-ethyl adjacent to an activating group) is 1. The SMILES string of the molecule is CCN(CCO)CC(Cl)c1ccc(C)cc1. The summed E-state index contributed by atoms with van der Waals surface area (Å²) in [6.45, 7) is 6.71. The average molecular weight is 242 g/mol. The lowest BCUT2D eigenvalue weighted by Crippen LogP contribution is -2.29. The van der Waals surface area contributed by atoms with Crippen LogP contribution in [0.25, 0.3) is 0 Å². The van der Waals surface area contributed by atoms with E-state index in [0.717, 1.165) is 18.7 Å². The van der Waals surface area contributed by atoms with E-state index in [4.69, 9.17) is 16.7 Å². The zero-order valence-electron chi connectivity index (χ0n) is 9.99. The third-order valence-corrected chi connectivity index (χ3v) is 3.11. The van der Waals surface area contributed by atoms with Crippen LogP contribution in [0, 0.1) is 6.92 Å². The van der Waals surface area contributed by atoms with Crippen molar-refractivity contribution in [3.8, 4) is 0 Å². The summed E-state index contributed by atoms with van der Waals surface area (Å²) in [7, 11) is 0. The number of aliphatic hydroxyl groups is 1. The Kier molecular flexibility index (Phi) is 5.81. The first-order chi connectivity index (χ1) is 7.67. The normalized spacial score (nSPS) is 13.1. The Labute approximate surface area is 103 Å². The van der Waals surface area contributed by atoms with Gasteiger partial charge in [-0.3, -0.25) is 4.90 Å². The summed E-state index contributed by atoms with van der Waals surface area (Å²) in [6, 6.07) is 8.29. The second kappa shape index (κ2) is 6.89. The molecule has 0 saturated carbocycles. The smallest absolute Gasteiger partial charge is 0.0712 e. The van der Waals surface area contributed by atoms with Crippen LogP contribution in [-0.4, -0.2) is 36.2 Å². The molecule has 0 aliphatic heterocycles. The van der Waals surface area contributed by atoms with Gasteiger partial charge in [0.25, 0.3) is 0 Å². The number of nitrogens with zero attached hydrogens (tertiary/aromatic N) is 1. The van der Waals surface area contributed by atoms with Crippen molar-refractivity contribution < 1.29 is 5.11 Å². The summed E-state index contributed by atoms with van der Waals surface area (Å²) < 4.78 is 0. The number of aliphatic hydroxyl groups excluding tert-OH is 1. The van der Waals surface area contributed by atoms with Gasteiger partial charge >= 0.3 is 0 Å². The molecule has 16 heavy (non-hydrogen) atoms. The molecule has 0 bridgehead atoms. The summed E-state index contributed by atoms with van der Waals surface area (Å²) in [5, 5.41) is 8.90. The van der Waals surface area contributed by atoms with Crippen molar-refractivity contribution in [2.75, 3.05) is 26.2 Å². The van der Waals surface area contributed by atoms with E-state index in [-0.39, 0.29) is 12.0 Å². The van der Waals surface area contributed by atoms with Crippen LogP contribution in [0.5, 0.6) is 0 Å². The topological polar surface area (TPSA) is 23.5 Å². The van der Waals surface area contributed by atoms with Crippen molar-refractivity contribution in [3.05, 3.63) is 35.4 Å². The minimum atomic E-state index is -0.00731. The van der Waals surface area contributed by atoms with Crippen molar-refractivity contribution in [2.24, 2.45) is 0 Å². The predicted octanol–water partition coefficient (Wildman–Crippen LogP) is 2.59. The highest BCUT2D eigenvalue weighted by atomic mass is 35.5. The van der Waals surface area contributed by atoms with Crippen molar-refractivity contribution in [2.45, 2.75) is 19.2 Å². The summed E-state index contributed by atoms with van der Waals surface area (Å²) in [4.78, 5) is 2.15. The third-order valence-electron chi connectivity index (χ3n) is 2.72. The molecule has 3 heteroatoms. The fraction of sp³-hybridized carbons (Fsp3) is 0.538. The molecule has 0 heterocycles. The van der Waals surface area contributed by atoms with E-state index in [1.54, 1.807) is 0 Å². The van der Waals surface area contributed by atoms with Crippen LogP contribution in [-0.2, 0) is 0 Å². The standard InChI is InChI=1S/C13H20ClNO/c1-3-15(8-9-16)10-13(14)12-6-4-11(2)5-7-12/h4-7,13,16H,3,8-10H2,1-2H3. The van der Waals surface area contributed by atoms with Crippen molar-refractivity contribution in [3.63, 3.8) is 0 Å². The van der Waals surface area contributed by atoms with Crippen LogP contribution in [0.1, 0.15) is 23.4 Å². The van der Waals surface area contributed by atoms with Crippen LogP contribution < -0.4 is 0 Å².